The second kappa shape index (κ2) is 9.74. The Morgan fingerprint density at radius 2 is 1.57 bits per heavy atom. The molecule has 1 saturated heterocycles. The number of rotatable bonds is 6. The fourth-order valence-corrected chi connectivity index (χ4v) is 6.96. The van der Waals surface area contributed by atoms with Crippen LogP contribution >= 0.6 is 0 Å². The van der Waals surface area contributed by atoms with Crippen molar-refractivity contribution in [2.75, 3.05) is 6.61 Å². The van der Waals surface area contributed by atoms with Crippen molar-refractivity contribution in [2.24, 2.45) is 17.3 Å². The van der Waals surface area contributed by atoms with Crippen LogP contribution in [0.3, 0.4) is 0 Å². The van der Waals surface area contributed by atoms with Gasteiger partial charge in [0.05, 0.1) is 16.8 Å². The van der Waals surface area contributed by atoms with E-state index in [9.17, 15) is 19.2 Å². The molecule has 1 heterocycles. The van der Waals surface area contributed by atoms with E-state index in [2.05, 4.69) is 0 Å². The first-order valence-corrected chi connectivity index (χ1v) is 12.8. The minimum absolute atomic E-state index is 0.0599. The Hall–Kier alpha value is -2.94. The summed E-state index contributed by atoms with van der Waals surface area (Å²) in [6.45, 7) is 9.55. The molecule has 3 aliphatic rings. The summed E-state index contributed by atoms with van der Waals surface area (Å²) in [6.07, 6.45) is -1.28. The van der Waals surface area contributed by atoms with Crippen molar-refractivity contribution in [1.29, 1.82) is 0 Å². The van der Waals surface area contributed by atoms with Crippen molar-refractivity contribution in [3.05, 3.63) is 35.9 Å². The van der Waals surface area contributed by atoms with Gasteiger partial charge in [-0.15, -0.1) is 0 Å². The van der Waals surface area contributed by atoms with Gasteiger partial charge in [-0.2, -0.15) is 0 Å². The number of hydrogen-bond donors (Lipinski definition) is 0. The Bertz CT molecular complexity index is 1070. The summed E-state index contributed by atoms with van der Waals surface area (Å²) in [5.41, 5.74) is -2.77. The summed E-state index contributed by atoms with van der Waals surface area (Å²) in [6, 6.07) is 8.48. The van der Waals surface area contributed by atoms with Gasteiger partial charge in [0.1, 0.15) is 24.2 Å². The molecular formula is C28H36O9. The van der Waals surface area contributed by atoms with Crippen molar-refractivity contribution in [1.82, 2.24) is 0 Å². The van der Waals surface area contributed by atoms with E-state index in [0.29, 0.717) is 24.8 Å². The van der Waals surface area contributed by atoms with Gasteiger partial charge in [-0.1, -0.05) is 25.1 Å². The first-order chi connectivity index (χ1) is 17.3. The number of fused-ring (bicyclic) bond motifs is 1. The number of ether oxygens (including phenoxy) is 5. The monoisotopic (exact) mass is 516 g/mol. The number of benzene rings is 1. The lowest BCUT2D eigenvalue weighted by atomic mass is 9.49. The van der Waals surface area contributed by atoms with Crippen LogP contribution in [0.15, 0.2) is 30.3 Å². The molecule has 7 atom stereocenters. The minimum Gasteiger partial charge on any atom is -0.465 e. The Balaban J connectivity index is 1.95. The van der Waals surface area contributed by atoms with Gasteiger partial charge < -0.3 is 23.7 Å². The molecule has 1 spiro atoms. The lowest BCUT2D eigenvalue weighted by molar-refractivity contribution is -0.288. The zero-order valence-corrected chi connectivity index (χ0v) is 22.3. The summed E-state index contributed by atoms with van der Waals surface area (Å²) in [5, 5.41) is 0. The SMILES string of the molecule is CC(=O)OC[C@@]12[C@@H](OC(C)=O)CC[C@@H](C)[C@@]13C[C@@H]([C@@H](OC(C)=O)[C@H]2OC(=O)c1ccccc1)C(C)(C)O3. The number of esters is 4. The number of carbonyl (C=O) groups is 4. The van der Waals surface area contributed by atoms with Crippen LogP contribution in [0.4, 0.5) is 0 Å². The summed E-state index contributed by atoms with van der Waals surface area (Å²) in [5.74, 6) is -2.62. The molecule has 0 radical (unpaired) electrons. The third-order valence-electron chi connectivity index (χ3n) is 8.45. The van der Waals surface area contributed by atoms with Crippen LogP contribution in [0.25, 0.3) is 0 Å². The van der Waals surface area contributed by atoms with Crippen LogP contribution in [0.1, 0.15) is 71.2 Å². The number of carbonyl (C=O) groups excluding carboxylic acids is 4. The molecule has 1 aromatic rings. The molecule has 202 valence electrons. The van der Waals surface area contributed by atoms with Gasteiger partial charge in [-0.05, 0) is 51.2 Å². The standard InChI is InChI=1S/C28H36O9/c1-16-12-13-22(34-18(3)30)27(15-33-17(2)29)24(36-25(32)20-10-8-7-9-11-20)23(35-19(4)31)21-14-28(16,27)37-26(21,5)6/h7-11,16,21-24H,12-15H2,1-6H3/t16-,21+,22+,23-,24-,27+,28+/m1/s1. The Kier molecular flexibility index (Phi) is 7.14. The molecule has 3 fully saturated rings. The average Bonchev–Trinajstić information content (AvgIpc) is 3.08. The predicted octanol–water partition coefficient (Wildman–Crippen LogP) is 3.62. The van der Waals surface area contributed by atoms with Gasteiger partial charge in [0.25, 0.3) is 0 Å². The van der Waals surface area contributed by atoms with Gasteiger partial charge in [0.15, 0.2) is 6.10 Å². The van der Waals surface area contributed by atoms with E-state index in [1.807, 2.05) is 20.8 Å². The fourth-order valence-electron chi connectivity index (χ4n) is 6.96. The lowest BCUT2D eigenvalue weighted by Crippen LogP contribution is -2.74. The first kappa shape index (κ1) is 27.1. The normalized spacial score (nSPS) is 35.6. The highest BCUT2D eigenvalue weighted by atomic mass is 16.6. The molecule has 2 bridgehead atoms. The zero-order chi connectivity index (χ0) is 27.2. The molecular weight excluding hydrogens is 480 g/mol. The molecule has 9 heteroatoms. The third-order valence-corrected chi connectivity index (χ3v) is 8.45. The molecule has 1 aromatic carbocycles. The fraction of sp³-hybridized carbons (Fsp3) is 0.643. The third kappa shape index (κ3) is 4.51. The summed E-state index contributed by atoms with van der Waals surface area (Å²) in [7, 11) is 0. The van der Waals surface area contributed by atoms with Crippen molar-refractivity contribution in [3.63, 3.8) is 0 Å². The average molecular weight is 517 g/mol. The quantitative estimate of drug-likeness (QED) is 0.413. The van der Waals surface area contributed by atoms with Crippen LogP contribution in [-0.2, 0) is 38.1 Å². The highest BCUT2D eigenvalue weighted by Crippen LogP contribution is 2.67. The molecule has 0 N–H and O–H groups in total. The molecule has 0 aromatic heterocycles. The maximum Gasteiger partial charge on any atom is 0.338 e. The second-order valence-electron chi connectivity index (χ2n) is 11.1. The van der Waals surface area contributed by atoms with E-state index in [4.69, 9.17) is 23.7 Å². The van der Waals surface area contributed by atoms with E-state index in [0.717, 1.165) is 0 Å². The van der Waals surface area contributed by atoms with Crippen LogP contribution in [0, 0.1) is 17.3 Å². The van der Waals surface area contributed by atoms with E-state index < -0.39 is 58.8 Å². The summed E-state index contributed by atoms with van der Waals surface area (Å²) in [4.78, 5) is 50.3. The zero-order valence-electron chi connectivity index (χ0n) is 22.3. The van der Waals surface area contributed by atoms with E-state index in [1.165, 1.54) is 20.8 Å². The summed E-state index contributed by atoms with van der Waals surface area (Å²) >= 11 is 0. The van der Waals surface area contributed by atoms with Gasteiger partial charge in [0.2, 0.25) is 0 Å². The Morgan fingerprint density at radius 3 is 2.16 bits per heavy atom. The largest absolute Gasteiger partial charge is 0.465 e. The molecule has 2 saturated carbocycles. The topological polar surface area (TPSA) is 114 Å². The Morgan fingerprint density at radius 1 is 0.919 bits per heavy atom. The van der Waals surface area contributed by atoms with Crippen molar-refractivity contribution >= 4 is 23.9 Å². The van der Waals surface area contributed by atoms with Crippen molar-refractivity contribution in [2.45, 2.75) is 90.3 Å². The van der Waals surface area contributed by atoms with Gasteiger partial charge in [0, 0.05) is 26.7 Å². The highest BCUT2D eigenvalue weighted by molar-refractivity contribution is 5.89. The minimum atomic E-state index is -1.32. The van der Waals surface area contributed by atoms with Crippen molar-refractivity contribution in [3.8, 4) is 0 Å². The van der Waals surface area contributed by atoms with Crippen LogP contribution in [0.2, 0.25) is 0 Å². The van der Waals surface area contributed by atoms with Crippen LogP contribution in [0.5, 0.6) is 0 Å². The van der Waals surface area contributed by atoms with Gasteiger partial charge >= 0.3 is 23.9 Å². The highest BCUT2D eigenvalue weighted by Gasteiger charge is 2.79. The second-order valence-corrected chi connectivity index (χ2v) is 11.1. The molecule has 9 nitrogen and oxygen atoms in total. The Labute approximate surface area is 217 Å². The van der Waals surface area contributed by atoms with Gasteiger partial charge in [-0.3, -0.25) is 14.4 Å². The van der Waals surface area contributed by atoms with Crippen LogP contribution < -0.4 is 0 Å². The molecule has 1 aliphatic heterocycles. The molecule has 0 unspecified atom stereocenters. The first-order valence-electron chi connectivity index (χ1n) is 12.8. The van der Waals surface area contributed by atoms with Crippen molar-refractivity contribution < 1.29 is 42.9 Å². The lowest BCUT2D eigenvalue weighted by Gasteiger charge is -2.61. The molecule has 37 heavy (non-hydrogen) atoms. The van der Waals surface area contributed by atoms with Gasteiger partial charge in [-0.25, -0.2) is 4.79 Å². The molecule has 4 rings (SSSR count). The summed E-state index contributed by atoms with van der Waals surface area (Å²) < 4.78 is 30.6. The van der Waals surface area contributed by atoms with E-state index >= 15 is 0 Å². The number of hydrogen-bond acceptors (Lipinski definition) is 9. The maximum atomic E-state index is 13.5. The molecule has 0 amide bonds. The van der Waals surface area contributed by atoms with E-state index in [1.54, 1.807) is 30.3 Å². The smallest absolute Gasteiger partial charge is 0.338 e. The van der Waals surface area contributed by atoms with Crippen LogP contribution in [-0.4, -0.2) is 60.0 Å². The maximum absolute atomic E-state index is 13.5. The van der Waals surface area contributed by atoms with E-state index in [-0.39, 0.29) is 18.4 Å². The molecule has 2 aliphatic carbocycles. The predicted molar refractivity (Wildman–Crippen MR) is 130 cm³/mol.